The highest BCUT2D eigenvalue weighted by molar-refractivity contribution is 5.88. The van der Waals surface area contributed by atoms with Crippen molar-refractivity contribution < 1.29 is 18.0 Å². The lowest BCUT2D eigenvalue weighted by atomic mass is 10.0. The molecule has 0 saturated carbocycles. The molecule has 0 saturated heterocycles. The fourth-order valence-corrected chi connectivity index (χ4v) is 3.99. The minimum Gasteiger partial charge on any atom is -0.358 e. The van der Waals surface area contributed by atoms with Crippen LogP contribution >= 0.6 is 0 Å². The molecule has 0 atom stereocenters. The zero-order chi connectivity index (χ0) is 23.0. The number of amides is 1. The summed E-state index contributed by atoms with van der Waals surface area (Å²) in [6, 6.07) is 11.1. The summed E-state index contributed by atoms with van der Waals surface area (Å²) in [5.74, 6) is -0.400. The Hall–Kier alpha value is -3.62. The monoisotopic (exact) mass is 442 g/mol. The molecule has 0 spiro atoms. The third-order valence-corrected chi connectivity index (χ3v) is 5.50. The molecule has 2 aromatic heterocycles. The van der Waals surface area contributed by atoms with Crippen molar-refractivity contribution in [3.63, 3.8) is 0 Å². The molecule has 0 aliphatic carbocycles. The number of aromatic amines is 1. The van der Waals surface area contributed by atoms with E-state index in [-0.39, 0.29) is 24.2 Å². The summed E-state index contributed by atoms with van der Waals surface area (Å²) in [5, 5.41) is 8.65. The normalized spacial score (nSPS) is 11.9. The number of aromatic nitrogens is 3. The molecule has 2 heterocycles. The molecule has 6 nitrogen and oxygen atoms in total. The number of nitrogens with zero attached hydrogens (tertiary/aromatic N) is 2. The van der Waals surface area contributed by atoms with Gasteiger partial charge in [0, 0.05) is 23.0 Å². The van der Waals surface area contributed by atoms with Crippen LogP contribution in [0.2, 0.25) is 0 Å². The van der Waals surface area contributed by atoms with Gasteiger partial charge in [0.1, 0.15) is 6.54 Å². The van der Waals surface area contributed by atoms with Crippen LogP contribution in [0.4, 0.5) is 13.2 Å². The highest BCUT2D eigenvalue weighted by Gasteiger charge is 2.33. The predicted molar refractivity (Wildman–Crippen MR) is 115 cm³/mol. The van der Waals surface area contributed by atoms with Crippen molar-refractivity contribution in [2.75, 3.05) is 6.54 Å². The van der Waals surface area contributed by atoms with Gasteiger partial charge in [-0.2, -0.15) is 18.3 Å². The minimum atomic E-state index is -4.46. The van der Waals surface area contributed by atoms with Gasteiger partial charge in [-0.15, -0.1) is 0 Å². The zero-order valence-corrected chi connectivity index (χ0v) is 17.5. The van der Waals surface area contributed by atoms with Gasteiger partial charge < -0.3 is 10.3 Å². The largest absolute Gasteiger partial charge is 0.418 e. The second-order valence-corrected chi connectivity index (χ2v) is 7.65. The van der Waals surface area contributed by atoms with Crippen LogP contribution in [0.5, 0.6) is 0 Å². The number of hydrogen-bond acceptors (Lipinski definition) is 3. The number of para-hydroxylation sites is 1. The maximum Gasteiger partial charge on any atom is 0.418 e. The number of hydrogen-bond donors (Lipinski definition) is 2. The van der Waals surface area contributed by atoms with Crippen molar-refractivity contribution in [3.8, 4) is 0 Å². The number of aryl methyl sites for hydroxylation is 2. The van der Waals surface area contributed by atoms with Gasteiger partial charge in [-0.3, -0.25) is 9.59 Å². The molecule has 1 amide bonds. The van der Waals surface area contributed by atoms with E-state index in [2.05, 4.69) is 15.4 Å². The fraction of sp³-hybridized carbons (Fsp3) is 0.261. The summed E-state index contributed by atoms with van der Waals surface area (Å²) in [6.07, 6.45) is -4.11. The molecule has 0 radical (unpaired) electrons. The van der Waals surface area contributed by atoms with Gasteiger partial charge in [0.2, 0.25) is 5.91 Å². The number of fused-ring (bicyclic) bond motifs is 2. The first kappa shape index (κ1) is 21.6. The highest BCUT2D eigenvalue weighted by Crippen LogP contribution is 2.36. The first-order chi connectivity index (χ1) is 15.2. The smallest absolute Gasteiger partial charge is 0.358 e. The number of benzene rings is 2. The molecular formula is C23H21F3N4O2. The molecule has 4 aromatic rings. The summed E-state index contributed by atoms with van der Waals surface area (Å²) >= 11 is 0. The van der Waals surface area contributed by atoms with Crippen LogP contribution in [0, 0.1) is 13.8 Å². The van der Waals surface area contributed by atoms with Crippen molar-refractivity contribution in [2.45, 2.75) is 33.0 Å². The molecule has 0 bridgehead atoms. The molecule has 166 valence electrons. The first-order valence-electron chi connectivity index (χ1n) is 10.1. The Labute approximate surface area is 181 Å². The lowest BCUT2D eigenvalue weighted by Gasteiger charge is -2.10. The van der Waals surface area contributed by atoms with E-state index in [1.165, 1.54) is 6.07 Å². The van der Waals surface area contributed by atoms with Gasteiger partial charge in [0.25, 0.3) is 5.56 Å². The number of carbonyl (C=O) groups excluding carboxylic acids is 1. The molecular weight excluding hydrogens is 421 g/mol. The van der Waals surface area contributed by atoms with E-state index in [1.807, 2.05) is 6.07 Å². The van der Waals surface area contributed by atoms with Crippen LogP contribution in [-0.4, -0.2) is 27.2 Å². The second kappa shape index (κ2) is 8.14. The average Bonchev–Trinajstić information content (AvgIpc) is 3.06. The maximum absolute atomic E-state index is 13.3. The van der Waals surface area contributed by atoms with E-state index in [9.17, 15) is 22.8 Å². The Morgan fingerprint density at radius 1 is 1.06 bits per heavy atom. The van der Waals surface area contributed by atoms with Crippen molar-refractivity contribution in [1.82, 2.24) is 20.1 Å². The minimum absolute atomic E-state index is 0.0428. The van der Waals surface area contributed by atoms with E-state index in [1.54, 1.807) is 38.1 Å². The SMILES string of the molecule is Cc1[nH]c2c(C(F)(F)F)cccc2c1CCNC(=O)Cn1nc(C)c2ccccc2c1=O. The van der Waals surface area contributed by atoms with E-state index in [0.717, 1.165) is 16.1 Å². The summed E-state index contributed by atoms with van der Waals surface area (Å²) in [5.41, 5.74) is 0.945. The molecule has 2 N–H and O–H groups in total. The number of nitrogens with one attached hydrogen (secondary N) is 2. The van der Waals surface area contributed by atoms with E-state index < -0.39 is 17.6 Å². The number of H-pyrrole nitrogens is 1. The zero-order valence-electron chi connectivity index (χ0n) is 17.5. The fourth-order valence-electron chi connectivity index (χ4n) is 3.99. The molecule has 9 heteroatoms. The summed E-state index contributed by atoms with van der Waals surface area (Å²) in [6.45, 7) is 3.45. The lowest BCUT2D eigenvalue weighted by Crippen LogP contribution is -2.35. The van der Waals surface area contributed by atoms with Gasteiger partial charge in [0.15, 0.2) is 0 Å². The van der Waals surface area contributed by atoms with Crippen molar-refractivity contribution in [2.24, 2.45) is 0 Å². The standard InChI is InChI=1S/C23H21F3N4O2/c1-13-16(17-8-5-9-19(21(17)28-13)23(24,25)26)10-11-27-20(31)12-30-22(32)18-7-4-3-6-15(18)14(2)29-30/h3-9,28H,10-12H2,1-2H3,(H,27,31). The predicted octanol–water partition coefficient (Wildman–Crippen LogP) is 3.87. The molecule has 0 unspecified atom stereocenters. The Balaban J connectivity index is 1.48. The quantitative estimate of drug-likeness (QED) is 0.493. The van der Waals surface area contributed by atoms with Crippen molar-refractivity contribution in [3.05, 3.63) is 75.3 Å². The van der Waals surface area contributed by atoms with Crippen LogP contribution in [0.25, 0.3) is 21.7 Å². The Kier molecular flexibility index (Phi) is 5.50. The second-order valence-electron chi connectivity index (χ2n) is 7.65. The number of alkyl halides is 3. The van der Waals surface area contributed by atoms with E-state index >= 15 is 0 Å². The Morgan fingerprint density at radius 3 is 2.47 bits per heavy atom. The van der Waals surface area contributed by atoms with Crippen molar-refractivity contribution >= 4 is 27.6 Å². The molecule has 4 rings (SSSR count). The van der Waals surface area contributed by atoms with Crippen LogP contribution in [0.15, 0.2) is 47.3 Å². The van der Waals surface area contributed by atoms with Crippen molar-refractivity contribution in [1.29, 1.82) is 0 Å². The molecule has 0 fully saturated rings. The maximum atomic E-state index is 13.3. The van der Waals surface area contributed by atoms with Crippen LogP contribution < -0.4 is 10.9 Å². The van der Waals surface area contributed by atoms with Gasteiger partial charge in [0.05, 0.1) is 22.2 Å². The van der Waals surface area contributed by atoms with Crippen LogP contribution in [-0.2, 0) is 23.9 Å². The molecule has 0 aliphatic rings. The third kappa shape index (κ3) is 3.98. The van der Waals surface area contributed by atoms with Gasteiger partial charge in [-0.25, -0.2) is 4.68 Å². The van der Waals surface area contributed by atoms with Gasteiger partial charge in [-0.05, 0) is 38.0 Å². The average molecular weight is 442 g/mol. The van der Waals surface area contributed by atoms with Gasteiger partial charge in [-0.1, -0.05) is 30.3 Å². The molecule has 0 aliphatic heterocycles. The van der Waals surface area contributed by atoms with Crippen LogP contribution in [0.1, 0.15) is 22.5 Å². The summed E-state index contributed by atoms with van der Waals surface area (Å²) in [4.78, 5) is 27.8. The Morgan fingerprint density at radius 2 is 1.75 bits per heavy atom. The summed E-state index contributed by atoms with van der Waals surface area (Å²) < 4.78 is 40.9. The number of halogens is 3. The Bertz CT molecular complexity index is 1390. The van der Waals surface area contributed by atoms with E-state index in [0.29, 0.717) is 34.1 Å². The van der Waals surface area contributed by atoms with Crippen LogP contribution in [0.3, 0.4) is 0 Å². The third-order valence-electron chi connectivity index (χ3n) is 5.50. The topological polar surface area (TPSA) is 79.8 Å². The first-order valence-corrected chi connectivity index (χ1v) is 10.1. The number of carbonyl (C=O) groups is 1. The molecule has 2 aromatic carbocycles. The van der Waals surface area contributed by atoms with E-state index in [4.69, 9.17) is 0 Å². The van der Waals surface area contributed by atoms with Gasteiger partial charge >= 0.3 is 6.18 Å². The number of rotatable bonds is 5. The lowest BCUT2D eigenvalue weighted by molar-refractivity contribution is -0.136. The molecule has 32 heavy (non-hydrogen) atoms. The summed E-state index contributed by atoms with van der Waals surface area (Å²) in [7, 11) is 0. The highest BCUT2D eigenvalue weighted by atomic mass is 19.4.